The monoisotopic (exact) mass is 235 g/mol. The van der Waals surface area contributed by atoms with Crippen molar-refractivity contribution in [3.63, 3.8) is 0 Å². The van der Waals surface area contributed by atoms with Gasteiger partial charge in [0.15, 0.2) is 0 Å². The van der Waals surface area contributed by atoms with Crippen LogP contribution in [-0.4, -0.2) is 24.4 Å². The summed E-state index contributed by atoms with van der Waals surface area (Å²) in [5, 5.41) is 0. The zero-order valence-electron chi connectivity index (χ0n) is 8.37. The number of hydrogen-bond donors (Lipinski definition) is 2. The Kier molecular flexibility index (Phi) is 4.66. The molecule has 1 atom stereocenters. The van der Waals surface area contributed by atoms with Gasteiger partial charge < -0.3 is 4.74 Å². The first-order valence-electron chi connectivity index (χ1n) is 4.53. The van der Waals surface area contributed by atoms with Crippen molar-refractivity contribution in [2.45, 2.75) is 12.2 Å². The first-order valence-corrected chi connectivity index (χ1v) is 4.53. The van der Waals surface area contributed by atoms with Gasteiger partial charge >= 0.3 is 6.18 Å². The van der Waals surface area contributed by atoms with E-state index in [9.17, 15) is 13.2 Å². The van der Waals surface area contributed by atoms with Crippen LogP contribution in [0.3, 0.4) is 0 Å². The molecule has 0 bridgehead atoms. The molecule has 4 nitrogen and oxygen atoms in total. The van der Waals surface area contributed by atoms with Crippen LogP contribution in [0, 0.1) is 0 Å². The van der Waals surface area contributed by atoms with Crippen LogP contribution in [0.25, 0.3) is 0 Å². The van der Waals surface area contributed by atoms with E-state index in [0.717, 1.165) is 0 Å². The summed E-state index contributed by atoms with van der Waals surface area (Å²) in [6, 6.07) is 2.87. The number of pyridine rings is 1. The van der Waals surface area contributed by atoms with Crippen molar-refractivity contribution in [2.24, 2.45) is 5.84 Å². The van der Waals surface area contributed by atoms with Crippen LogP contribution in [0.5, 0.6) is 0 Å². The Hall–Kier alpha value is -1.18. The average Bonchev–Trinajstić information content (AvgIpc) is 2.24. The van der Waals surface area contributed by atoms with Crippen molar-refractivity contribution >= 4 is 0 Å². The van der Waals surface area contributed by atoms with Gasteiger partial charge in [-0.25, -0.2) is 0 Å². The molecule has 0 fully saturated rings. The van der Waals surface area contributed by atoms with Crippen LogP contribution < -0.4 is 11.3 Å². The van der Waals surface area contributed by atoms with Crippen molar-refractivity contribution in [1.29, 1.82) is 0 Å². The maximum Gasteiger partial charge on any atom is 0.411 e. The maximum absolute atomic E-state index is 11.8. The van der Waals surface area contributed by atoms with E-state index < -0.39 is 18.8 Å². The van der Waals surface area contributed by atoms with E-state index in [1.54, 1.807) is 18.3 Å². The van der Waals surface area contributed by atoms with E-state index in [1.807, 2.05) is 0 Å². The number of aromatic nitrogens is 1. The standard InChI is InChI=1S/C9H12F3N3O/c10-9(11,12)6-16-5-8(15-13)7-2-1-3-14-4-7/h1-4,8,15H,5-6,13H2. The van der Waals surface area contributed by atoms with Crippen molar-refractivity contribution in [3.8, 4) is 0 Å². The highest BCUT2D eigenvalue weighted by Gasteiger charge is 2.28. The van der Waals surface area contributed by atoms with Crippen molar-refractivity contribution in [2.75, 3.05) is 13.2 Å². The zero-order valence-corrected chi connectivity index (χ0v) is 8.37. The molecule has 0 saturated heterocycles. The summed E-state index contributed by atoms with van der Waals surface area (Å²) in [6.45, 7) is -1.45. The first kappa shape index (κ1) is 12.9. The van der Waals surface area contributed by atoms with E-state index in [1.165, 1.54) is 6.20 Å². The number of nitrogens with one attached hydrogen (secondary N) is 1. The fourth-order valence-corrected chi connectivity index (χ4v) is 1.12. The SMILES string of the molecule is NNC(COCC(F)(F)F)c1cccnc1. The number of rotatable bonds is 5. The molecule has 0 aliphatic rings. The predicted octanol–water partition coefficient (Wildman–Crippen LogP) is 1.16. The Morgan fingerprint density at radius 1 is 1.50 bits per heavy atom. The van der Waals surface area contributed by atoms with Crippen LogP contribution >= 0.6 is 0 Å². The second kappa shape index (κ2) is 5.78. The molecule has 0 saturated carbocycles. The molecule has 0 radical (unpaired) electrons. The van der Waals surface area contributed by atoms with Gasteiger partial charge in [-0.2, -0.15) is 13.2 Å². The van der Waals surface area contributed by atoms with E-state index in [4.69, 9.17) is 5.84 Å². The fourth-order valence-electron chi connectivity index (χ4n) is 1.12. The molecule has 3 N–H and O–H groups in total. The summed E-state index contributed by atoms with van der Waals surface area (Å²) in [7, 11) is 0. The van der Waals surface area contributed by atoms with E-state index in [2.05, 4.69) is 15.1 Å². The van der Waals surface area contributed by atoms with Gasteiger partial charge in [-0.05, 0) is 11.6 Å². The lowest BCUT2D eigenvalue weighted by molar-refractivity contribution is -0.175. The Balaban J connectivity index is 2.45. The number of hydrazine groups is 1. The van der Waals surface area contributed by atoms with Crippen molar-refractivity contribution in [3.05, 3.63) is 30.1 Å². The van der Waals surface area contributed by atoms with Crippen LogP contribution in [0.15, 0.2) is 24.5 Å². The molecule has 1 heterocycles. The van der Waals surface area contributed by atoms with E-state index in [-0.39, 0.29) is 6.61 Å². The van der Waals surface area contributed by atoms with Crippen LogP contribution in [0.4, 0.5) is 13.2 Å². The van der Waals surface area contributed by atoms with E-state index >= 15 is 0 Å². The van der Waals surface area contributed by atoms with Crippen LogP contribution in [0.2, 0.25) is 0 Å². The molecule has 0 aliphatic carbocycles. The molecular weight excluding hydrogens is 223 g/mol. The zero-order chi connectivity index (χ0) is 12.0. The number of nitrogens with two attached hydrogens (primary N) is 1. The van der Waals surface area contributed by atoms with Gasteiger partial charge in [0, 0.05) is 12.4 Å². The number of hydrogen-bond acceptors (Lipinski definition) is 4. The Labute approximate surface area is 90.6 Å². The molecule has 1 rings (SSSR count). The minimum atomic E-state index is -4.33. The van der Waals surface area contributed by atoms with E-state index in [0.29, 0.717) is 5.56 Å². The maximum atomic E-state index is 11.8. The van der Waals surface area contributed by atoms with Gasteiger partial charge in [0.25, 0.3) is 0 Å². The predicted molar refractivity (Wildman–Crippen MR) is 51.2 cm³/mol. The summed E-state index contributed by atoms with van der Waals surface area (Å²) in [6.07, 6.45) is -1.25. The minimum Gasteiger partial charge on any atom is -0.370 e. The molecule has 16 heavy (non-hydrogen) atoms. The smallest absolute Gasteiger partial charge is 0.370 e. The lowest BCUT2D eigenvalue weighted by Crippen LogP contribution is -2.32. The molecule has 0 spiro atoms. The highest BCUT2D eigenvalue weighted by Crippen LogP contribution is 2.16. The molecule has 0 aromatic carbocycles. The first-order chi connectivity index (χ1) is 7.53. The quantitative estimate of drug-likeness (QED) is 0.594. The minimum absolute atomic E-state index is 0.165. The summed E-state index contributed by atoms with van der Waals surface area (Å²) in [5.74, 6) is 5.22. The molecular formula is C9H12F3N3O. The third-order valence-corrected chi connectivity index (χ3v) is 1.84. The number of ether oxygens (including phenoxy) is 1. The molecule has 1 aromatic rings. The summed E-state index contributed by atoms with van der Waals surface area (Å²) in [5.41, 5.74) is 3.05. The Morgan fingerprint density at radius 2 is 2.25 bits per heavy atom. The second-order valence-corrected chi connectivity index (χ2v) is 3.14. The average molecular weight is 235 g/mol. The van der Waals surface area contributed by atoms with Gasteiger partial charge in [-0.15, -0.1) is 0 Å². The fraction of sp³-hybridized carbons (Fsp3) is 0.444. The topological polar surface area (TPSA) is 60.2 Å². The summed E-state index contributed by atoms with van der Waals surface area (Å²) < 4.78 is 40.0. The number of nitrogens with zero attached hydrogens (tertiary/aromatic N) is 1. The molecule has 0 aliphatic heterocycles. The van der Waals surface area contributed by atoms with Crippen LogP contribution in [0.1, 0.15) is 11.6 Å². The number of halogens is 3. The second-order valence-electron chi connectivity index (χ2n) is 3.14. The third kappa shape index (κ3) is 4.56. The lowest BCUT2D eigenvalue weighted by atomic mass is 10.1. The van der Waals surface area contributed by atoms with Gasteiger partial charge in [0.2, 0.25) is 0 Å². The highest BCUT2D eigenvalue weighted by molar-refractivity contribution is 5.13. The highest BCUT2D eigenvalue weighted by atomic mass is 19.4. The number of alkyl halides is 3. The Morgan fingerprint density at radius 3 is 2.75 bits per heavy atom. The van der Waals surface area contributed by atoms with Crippen molar-refractivity contribution < 1.29 is 17.9 Å². The van der Waals surface area contributed by atoms with Crippen molar-refractivity contribution in [1.82, 2.24) is 10.4 Å². The largest absolute Gasteiger partial charge is 0.411 e. The van der Waals surface area contributed by atoms with Crippen LogP contribution in [-0.2, 0) is 4.74 Å². The normalized spacial score (nSPS) is 13.8. The molecule has 1 unspecified atom stereocenters. The van der Waals surface area contributed by atoms with Gasteiger partial charge in [0.1, 0.15) is 6.61 Å². The molecule has 7 heteroatoms. The lowest BCUT2D eigenvalue weighted by Gasteiger charge is -2.16. The Bertz CT molecular complexity index is 305. The third-order valence-electron chi connectivity index (χ3n) is 1.84. The molecule has 0 amide bonds. The van der Waals surface area contributed by atoms with Gasteiger partial charge in [0.05, 0.1) is 12.6 Å². The summed E-state index contributed by atoms with van der Waals surface area (Å²) >= 11 is 0. The molecule has 1 aromatic heterocycles. The molecule has 90 valence electrons. The van der Waals surface area contributed by atoms with Gasteiger partial charge in [-0.3, -0.25) is 16.3 Å². The van der Waals surface area contributed by atoms with Gasteiger partial charge in [-0.1, -0.05) is 6.07 Å². The summed E-state index contributed by atoms with van der Waals surface area (Å²) in [4.78, 5) is 3.84.